The number of methoxy groups -OCH3 is 3. The van der Waals surface area contributed by atoms with Crippen LogP contribution in [0.4, 0.5) is 0 Å². The second-order valence-electron chi connectivity index (χ2n) is 5.28. The van der Waals surface area contributed by atoms with Gasteiger partial charge >= 0.3 is 0 Å². The molecule has 5 nitrogen and oxygen atoms in total. The highest BCUT2D eigenvalue weighted by Crippen LogP contribution is 2.41. The third-order valence-corrected chi connectivity index (χ3v) is 4.05. The number of rotatable bonds is 7. The van der Waals surface area contributed by atoms with Gasteiger partial charge in [0.15, 0.2) is 11.5 Å². The quantitative estimate of drug-likeness (QED) is 0.738. The largest absolute Gasteiger partial charge is 0.493 e. The fourth-order valence-corrected chi connectivity index (χ4v) is 2.94. The molecule has 1 fully saturated rings. The first kappa shape index (κ1) is 22.9. The zero-order valence-electron chi connectivity index (χ0n) is 14.5. The number of benzene rings is 1. The predicted octanol–water partition coefficient (Wildman–Crippen LogP) is 3.08. The molecule has 0 amide bonds. The molecule has 138 valence electrons. The Morgan fingerprint density at radius 1 is 1.08 bits per heavy atom. The molecule has 0 aliphatic carbocycles. The molecule has 1 aliphatic heterocycles. The molecule has 2 rings (SSSR count). The number of nitrogens with one attached hydrogen (secondary N) is 1. The van der Waals surface area contributed by atoms with Crippen molar-refractivity contribution in [1.82, 2.24) is 10.2 Å². The molecule has 1 saturated heterocycles. The molecule has 0 aromatic heterocycles. The van der Waals surface area contributed by atoms with E-state index < -0.39 is 0 Å². The van der Waals surface area contributed by atoms with Gasteiger partial charge in [-0.2, -0.15) is 0 Å². The van der Waals surface area contributed by atoms with Crippen LogP contribution in [0.15, 0.2) is 24.8 Å². The molecule has 0 unspecified atom stereocenters. The summed E-state index contributed by atoms with van der Waals surface area (Å²) in [6.07, 6.45) is 2.86. The van der Waals surface area contributed by atoms with Crippen LogP contribution >= 0.6 is 24.8 Å². The number of nitrogens with zero attached hydrogens (tertiary/aromatic N) is 1. The van der Waals surface area contributed by atoms with Gasteiger partial charge in [-0.25, -0.2) is 0 Å². The Kier molecular flexibility index (Phi) is 10.9. The number of halogens is 2. The van der Waals surface area contributed by atoms with E-state index in [1.165, 1.54) is 0 Å². The van der Waals surface area contributed by atoms with Gasteiger partial charge in [0.2, 0.25) is 5.75 Å². The highest BCUT2D eigenvalue weighted by Gasteiger charge is 2.24. The van der Waals surface area contributed by atoms with Gasteiger partial charge in [-0.05, 0) is 24.1 Å². The van der Waals surface area contributed by atoms with Gasteiger partial charge in [-0.15, -0.1) is 31.4 Å². The number of hydrogen-bond acceptors (Lipinski definition) is 5. The van der Waals surface area contributed by atoms with E-state index in [0.29, 0.717) is 17.2 Å². The zero-order chi connectivity index (χ0) is 15.9. The van der Waals surface area contributed by atoms with Crippen LogP contribution in [0.2, 0.25) is 0 Å². The Bertz CT molecular complexity index is 484. The normalized spacial score (nSPS) is 15.5. The minimum absolute atomic E-state index is 0. The Balaban J connectivity index is 0.00000264. The van der Waals surface area contributed by atoms with Crippen LogP contribution in [0.5, 0.6) is 17.2 Å². The average Bonchev–Trinajstić information content (AvgIpc) is 2.59. The molecule has 1 aromatic rings. The lowest BCUT2D eigenvalue weighted by atomic mass is 10.00. The molecule has 0 radical (unpaired) electrons. The summed E-state index contributed by atoms with van der Waals surface area (Å²) in [6, 6.07) is 4.35. The van der Waals surface area contributed by atoms with Crippen molar-refractivity contribution >= 4 is 24.8 Å². The Morgan fingerprint density at radius 2 is 1.62 bits per heavy atom. The summed E-state index contributed by atoms with van der Waals surface area (Å²) in [6.45, 7) is 7.98. The van der Waals surface area contributed by atoms with Crippen LogP contribution in [0, 0.1) is 0 Å². The molecular formula is C17H28Cl2N2O3. The van der Waals surface area contributed by atoms with Gasteiger partial charge < -0.3 is 19.5 Å². The maximum absolute atomic E-state index is 5.47. The van der Waals surface area contributed by atoms with Crippen LogP contribution < -0.4 is 19.5 Å². The summed E-state index contributed by atoms with van der Waals surface area (Å²) < 4.78 is 16.4. The van der Waals surface area contributed by atoms with E-state index in [-0.39, 0.29) is 30.9 Å². The standard InChI is InChI=1S/C17H26N2O3.2ClH/c1-5-6-14(19-9-7-18-8-10-19)13-11-15(20-2)17(22-4)16(12-13)21-3;;/h5,11-12,14,18H,1,6-10H2,2-4H3;2*1H/t14-;;/m1../s1. The van der Waals surface area contributed by atoms with Crippen LogP contribution in [0.25, 0.3) is 0 Å². The van der Waals surface area contributed by atoms with Crippen molar-refractivity contribution < 1.29 is 14.2 Å². The molecular weight excluding hydrogens is 351 g/mol. The Hall–Kier alpha value is -1.14. The lowest BCUT2D eigenvalue weighted by Gasteiger charge is -2.35. The second-order valence-corrected chi connectivity index (χ2v) is 5.28. The monoisotopic (exact) mass is 378 g/mol. The summed E-state index contributed by atoms with van der Waals surface area (Å²) in [7, 11) is 4.92. The van der Waals surface area contributed by atoms with Crippen LogP contribution in [0.3, 0.4) is 0 Å². The molecule has 0 saturated carbocycles. The topological polar surface area (TPSA) is 43.0 Å². The van der Waals surface area contributed by atoms with E-state index >= 15 is 0 Å². The summed E-state index contributed by atoms with van der Waals surface area (Å²) in [5, 5.41) is 3.39. The van der Waals surface area contributed by atoms with E-state index in [4.69, 9.17) is 14.2 Å². The summed E-state index contributed by atoms with van der Waals surface area (Å²) in [5.74, 6) is 2.02. The molecule has 1 atom stereocenters. The van der Waals surface area contributed by atoms with Crippen molar-refractivity contribution in [2.45, 2.75) is 12.5 Å². The van der Waals surface area contributed by atoms with Crippen LogP contribution in [-0.2, 0) is 0 Å². The summed E-state index contributed by atoms with van der Waals surface area (Å²) in [5.41, 5.74) is 1.16. The molecule has 24 heavy (non-hydrogen) atoms. The predicted molar refractivity (Wildman–Crippen MR) is 103 cm³/mol. The number of ether oxygens (including phenoxy) is 3. The van der Waals surface area contributed by atoms with Crippen molar-refractivity contribution in [3.63, 3.8) is 0 Å². The second kappa shape index (κ2) is 11.4. The summed E-state index contributed by atoms with van der Waals surface area (Å²) in [4.78, 5) is 2.47. The van der Waals surface area contributed by atoms with Crippen molar-refractivity contribution in [3.05, 3.63) is 30.4 Å². The minimum atomic E-state index is 0. The van der Waals surface area contributed by atoms with Gasteiger partial charge in [0.1, 0.15) is 0 Å². The smallest absolute Gasteiger partial charge is 0.203 e. The molecule has 0 bridgehead atoms. The van der Waals surface area contributed by atoms with Crippen molar-refractivity contribution in [2.75, 3.05) is 47.5 Å². The number of hydrogen-bond donors (Lipinski definition) is 1. The molecule has 1 aromatic carbocycles. The maximum atomic E-state index is 5.47. The maximum Gasteiger partial charge on any atom is 0.203 e. The van der Waals surface area contributed by atoms with Crippen molar-refractivity contribution in [3.8, 4) is 17.2 Å². The highest BCUT2D eigenvalue weighted by atomic mass is 35.5. The Morgan fingerprint density at radius 3 is 2.04 bits per heavy atom. The third-order valence-electron chi connectivity index (χ3n) is 4.05. The average molecular weight is 379 g/mol. The van der Waals surface area contributed by atoms with Crippen LogP contribution in [-0.4, -0.2) is 52.4 Å². The third kappa shape index (κ3) is 5.18. The van der Waals surface area contributed by atoms with E-state index in [1.54, 1.807) is 21.3 Å². The molecule has 1 heterocycles. The molecule has 0 spiro atoms. The van der Waals surface area contributed by atoms with Gasteiger partial charge in [0, 0.05) is 32.2 Å². The lowest BCUT2D eigenvalue weighted by molar-refractivity contribution is 0.174. The first-order valence-corrected chi connectivity index (χ1v) is 7.60. The van der Waals surface area contributed by atoms with Gasteiger partial charge in [0.25, 0.3) is 0 Å². The lowest BCUT2D eigenvalue weighted by Crippen LogP contribution is -2.45. The zero-order valence-corrected chi connectivity index (χ0v) is 16.2. The molecule has 1 N–H and O–H groups in total. The first-order chi connectivity index (χ1) is 10.7. The SMILES string of the molecule is C=CC[C@H](c1cc(OC)c(OC)c(OC)c1)N1CCNCC1.Cl.Cl. The fourth-order valence-electron chi connectivity index (χ4n) is 2.94. The molecule has 1 aliphatic rings. The van der Waals surface area contributed by atoms with E-state index in [2.05, 4.69) is 16.8 Å². The van der Waals surface area contributed by atoms with Crippen molar-refractivity contribution in [1.29, 1.82) is 0 Å². The van der Waals surface area contributed by atoms with Crippen LogP contribution in [0.1, 0.15) is 18.0 Å². The van der Waals surface area contributed by atoms with Crippen molar-refractivity contribution in [2.24, 2.45) is 0 Å². The minimum Gasteiger partial charge on any atom is -0.493 e. The van der Waals surface area contributed by atoms with Gasteiger partial charge in [0.05, 0.1) is 21.3 Å². The van der Waals surface area contributed by atoms with E-state index in [9.17, 15) is 0 Å². The number of piperazine rings is 1. The first-order valence-electron chi connectivity index (χ1n) is 7.60. The Labute approximate surface area is 157 Å². The summed E-state index contributed by atoms with van der Waals surface area (Å²) >= 11 is 0. The van der Waals surface area contributed by atoms with E-state index in [0.717, 1.165) is 38.2 Å². The fraction of sp³-hybridized carbons (Fsp3) is 0.529. The highest BCUT2D eigenvalue weighted by molar-refractivity contribution is 5.85. The molecule has 7 heteroatoms. The van der Waals surface area contributed by atoms with Gasteiger partial charge in [-0.1, -0.05) is 6.08 Å². The van der Waals surface area contributed by atoms with E-state index in [1.807, 2.05) is 18.2 Å². The van der Waals surface area contributed by atoms with Gasteiger partial charge in [-0.3, -0.25) is 4.90 Å².